The monoisotopic (exact) mass is 487 g/mol. The van der Waals surface area contributed by atoms with Gasteiger partial charge in [0.25, 0.3) is 0 Å². The molecule has 0 aliphatic carbocycles. The van der Waals surface area contributed by atoms with E-state index in [9.17, 15) is 4.79 Å². The van der Waals surface area contributed by atoms with E-state index >= 15 is 0 Å². The number of amides is 1. The number of hydrogen-bond acceptors (Lipinski definition) is 4. The number of thiocarbonyl (C=S) groups is 1. The van der Waals surface area contributed by atoms with Gasteiger partial charge in [-0.15, -0.1) is 0 Å². The number of carbonyl (C=O) groups is 1. The van der Waals surface area contributed by atoms with Crippen LogP contribution in [0.3, 0.4) is 0 Å². The Balaban J connectivity index is 1.63. The molecule has 2 aliphatic rings. The minimum absolute atomic E-state index is 0.148. The van der Waals surface area contributed by atoms with Crippen molar-refractivity contribution < 1.29 is 14.3 Å². The van der Waals surface area contributed by atoms with Gasteiger partial charge < -0.3 is 20.1 Å². The van der Waals surface area contributed by atoms with E-state index in [0.717, 1.165) is 33.6 Å². The second kappa shape index (κ2) is 8.57. The number of ether oxygens (including phenoxy) is 2. The molecule has 0 radical (unpaired) electrons. The summed E-state index contributed by atoms with van der Waals surface area (Å²) in [5.74, 6) is 0.625. The smallest absolute Gasteiger partial charge is 0.236 e. The zero-order valence-corrected chi connectivity index (χ0v) is 21.3. The Kier molecular flexibility index (Phi) is 5.68. The van der Waals surface area contributed by atoms with Crippen molar-refractivity contribution in [3.63, 3.8) is 0 Å². The number of rotatable bonds is 4. The molecule has 2 aliphatic heterocycles. The summed E-state index contributed by atoms with van der Waals surface area (Å²) in [6.07, 6.45) is 0. The number of benzene rings is 3. The molecule has 2 bridgehead atoms. The highest BCUT2D eigenvalue weighted by atomic mass is 32.1. The van der Waals surface area contributed by atoms with E-state index in [2.05, 4.69) is 16.7 Å². The van der Waals surface area contributed by atoms with Crippen molar-refractivity contribution in [1.29, 1.82) is 0 Å². The van der Waals surface area contributed by atoms with Crippen LogP contribution in [-0.4, -0.2) is 23.9 Å². The molecule has 0 saturated carbocycles. The average Bonchev–Trinajstić information content (AvgIpc) is 2.81. The third-order valence-corrected chi connectivity index (χ3v) is 7.22. The van der Waals surface area contributed by atoms with Crippen molar-refractivity contribution in [3.8, 4) is 11.5 Å². The summed E-state index contributed by atoms with van der Waals surface area (Å²) in [6, 6.07) is 19.3. The molecule has 0 spiro atoms. The fourth-order valence-corrected chi connectivity index (χ4v) is 5.55. The average molecular weight is 488 g/mol. The molecule has 0 unspecified atom stereocenters. The van der Waals surface area contributed by atoms with Crippen molar-refractivity contribution in [2.24, 2.45) is 5.92 Å². The molecule has 1 saturated heterocycles. The summed E-state index contributed by atoms with van der Waals surface area (Å²) in [4.78, 5) is 15.9. The number of nitrogens with zero attached hydrogens (tertiary/aromatic N) is 1. The second-order valence-electron chi connectivity index (χ2n) is 9.44. The van der Waals surface area contributed by atoms with E-state index in [-0.39, 0.29) is 11.9 Å². The molecular formula is C28H29N3O3S. The first-order chi connectivity index (χ1) is 16.7. The summed E-state index contributed by atoms with van der Waals surface area (Å²) in [6.45, 7) is 8.00. The van der Waals surface area contributed by atoms with Crippen molar-refractivity contribution >= 4 is 34.6 Å². The third-order valence-electron chi connectivity index (χ3n) is 6.92. The van der Waals surface area contributed by atoms with Crippen LogP contribution >= 0.6 is 12.2 Å². The summed E-state index contributed by atoms with van der Waals surface area (Å²) in [7, 11) is 1.62. The van der Waals surface area contributed by atoms with Gasteiger partial charge in [-0.05, 0) is 81.9 Å². The zero-order chi connectivity index (χ0) is 24.9. The SMILES string of the molecule is COc1ccc2c(c1)[C@H]1NC(=S)N(c3ccc(C)cc3)[C@@](C)(O2)[C@@H]1C(=O)Nc1ccc(C)cc1C. The number of methoxy groups -OCH3 is 1. The minimum Gasteiger partial charge on any atom is -0.497 e. The van der Waals surface area contributed by atoms with Crippen LogP contribution in [0, 0.1) is 26.7 Å². The highest BCUT2D eigenvalue weighted by Crippen LogP contribution is 2.50. The first-order valence-corrected chi connectivity index (χ1v) is 12.0. The molecular weight excluding hydrogens is 458 g/mol. The number of aryl methyl sites for hydroxylation is 3. The Morgan fingerprint density at radius 3 is 2.46 bits per heavy atom. The normalized spacial score (nSPS) is 22.5. The lowest BCUT2D eigenvalue weighted by atomic mass is 9.78. The van der Waals surface area contributed by atoms with Crippen LogP contribution in [-0.2, 0) is 4.79 Å². The van der Waals surface area contributed by atoms with Crippen LogP contribution in [0.1, 0.15) is 35.2 Å². The maximum absolute atomic E-state index is 14.0. The number of nitrogens with one attached hydrogen (secondary N) is 2. The van der Waals surface area contributed by atoms with Crippen LogP contribution in [0.15, 0.2) is 60.7 Å². The van der Waals surface area contributed by atoms with Gasteiger partial charge in [0, 0.05) is 16.9 Å². The molecule has 3 atom stereocenters. The van der Waals surface area contributed by atoms with Crippen molar-refractivity contribution in [1.82, 2.24) is 5.32 Å². The van der Waals surface area contributed by atoms with Gasteiger partial charge in [0.05, 0.1) is 13.2 Å². The van der Waals surface area contributed by atoms with Gasteiger partial charge in [-0.1, -0.05) is 35.4 Å². The summed E-state index contributed by atoms with van der Waals surface area (Å²) in [5.41, 5.74) is 4.70. The maximum atomic E-state index is 14.0. The molecule has 3 aromatic carbocycles. The van der Waals surface area contributed by atoms with Crippen LogP contribution in [0.5, 0.6) is 11.5 Å². The van der Waals surface area contributed by atoms with E-state index in [1.165, 1.54) is 0 Å². The molecule has 7 heteroatoms. The fraction of sp³-hybridized carbons (Fsp3) is 0.286. The number of carbonyl (C=O) groups excluding carboxylic acids is 1. The highest BCUT2D eigenvalue weighted by Gasteiger charge is 2.59. The van der Waals surface area contributed by atoms with Crippen molar-refractivity contribution in [2.45, 2.75) is 39.5 Å². The van der Waals surface area contributed by atoms with Crippen LogP contribution in [0.4, 0.5) is 11.4 Å². The number of hydrogen-bond donors (Lipinski definition) is 2. The first-order valence-electron chi connectivity index (χ1n) is 11.6. The lowest BCUT2D eigenvalue weighted by molar-refractivity contribution is -0.130. The Labute approximate surface area is 211 Å². The lowest BCUT2D eigenvalue weighted by Crippen LogP contribution is -2.72. The highest BCUT2D eigenvalue weighted by molar-refractivity contribution is 7.80. The van der Waals surface area contributed by atoms with E-state index < -0.39 is 11.6 Å². The van der Waals surface area contributed by atoms with Crippen molar-refractivity contribution in [3.05, 3.63) is 82.9 Å². The summed E-state index contributed by atoms with van der Waals surface area (Å²) < 4.78 is 12.1. The molecule has 2 heterocycles. The van der Waals surface area contributed by atoms with E-state index in [4.69, 9.17) is 21.7 Å². The predicted octanol–water partition coefficient (Wildman–Crippen LogP) is 5.42. The van der Waals surface area contributed by atoms with Crippen LogP contribution in [0.25, 0.3) is 0 Å². The molecule has 35 heavy (non-hydrogen) atoms. The van der Waals surface area contributed by atoms with Gasteiger partial charge in [0.2, 0.25) is 5.91 Å². The van der Waals surface area contributed by atoms with Gasteiger partial charge in [-0.25, -0.2) is 0 Å². The molecule has 6 nitrogen and oxygen atoms in total. The van der Waals surface area contributed by atoms with E-state index in [1.54, 1.807) is 7.11 Å². The lowest BCUT2D eigenvalue weighted by Gasteiger charge is -2.56. The molecule has 2 N–H and O–H groups in total. The van der Waals surface area contributed by atoms with Gasteiger partial charge in [0.15, 0.2) is 10.8 Å². The quantitative estimate of drug-likeness (QED) is 0.479. The molecule has 0 aromatic heterocycles. The first kappa shape index (κ1) is 23.2. The third kappa shape index (κ3) is 3.90. The van der Waals surface area contributed by atoms with Gasteiger partial charge in [0.1, 0.15) is 17.4 Å². The summed E-state index contributed by atoms with van der Waals surface area (Å²) >= 11 is 5.83. The predicted molar refractivity (Wildman–Crippen MR) is 142 cm³/mol. The molecule has 180 valence electrons. The maximum Gasteiger partial charge on any atom is 0.236 e. The molecule has 1 amide bonds. The summed E-state index contributed by atoms with van der Waals surface area (Å²) in [5, 5.41) is 7.11. The van der Waals surface area contributed by atoms with Crippen molar-refractivity contribution in [2.75, 3.05) is 17.3 Å². The minimum atomic E-state index is -1.06. The topological polar surface area (TPSA) is 62.8 Å². The Morgan fingerprint density at radius 2 is 1.77 bits per heavy atom. The van der Waals surface area contributed by atoms with Gasteiger partial charge in [-0.3, -0.25) is 9.69 Å². The number of fused-ring (bicyclic) bond motifs is 4. The standard InChI is InChI=1S/C28H29N3O3S/c1-16-6-9-19(10-7-16)31-27(35)30-25-21-15-20(33-5)11-13-23(21)34-28(31,4)24(25)26(32)29-22-12-8-17(2)14-18(22)3/h6-15,24-25H,1-5H3,(H,29,32)(H,30,35)/t24-,25+,28-/m0/s1. The Bertz CT molecular complexity index is 1320. The Hall–Kier alpha value is -3.58. The molecule has 3 aromatic rings. The Morgan fingerprint density at radius 1 is 1.06 bits per heavy atom. The number of anilines is 2. The van der Waals surface area contributed by atoms with Gasteiger partial charge in [-0.2, -0.15) is 0 Å². The zero-order valence-electron chi connectivity index (χ0n) is 20.5. The second-order valence-corrected chi connectivity index (χ2v) is 9.83. The van der Waals surface area contributed by atoms with Crippen LogP contribution in [0.2, 0.25) is 0 Å². The largest absolute Gasteiger partial charge is 0.497 e. The fourth-order valence-electron chi connectivity index (χ4n) is 5.14. The molecule has 5 rings (SSSR count). The molecule has 1 fully saturated rings. The van der Waals surface area contributed by atoms with Gasteiger partial charge >= 0.3 is 0 Å². The van der Waals surface area contributed by atoms with Crippen LogP contribution < -0.4 is 25.0 Å². The van der Waals surface area contributed by atoms with E-state index in [0.29, 0.717) is 16.6 Å². The van der Waals surface area contributed by atoms with E-state index in [1.807, 2.05) is 87.2 Å².